The van der Waals surface area contributed by atoms with Crippen molar-refractivity contribution >= 4 is 29.4 Å². The molecule has 0 aliphatic rings. The maximum Gasteiger partial charge on any atom is 0.270 e. The minimum Gasteiger partial charge on any atom is -0.305 e. The summed E-state index contributed by atoms with van der Waals surface area (Å²) in [5.41, 5.74) is -0.0561. The molecule has 0 spiro atoms. The van der Waals surface area contributed by atoms with Crippen molar-refractivity contribution in [2.24, 2.45) is 0 Å². The number of ketones is 1. The van der Waals surface area contributed by atoms with Crippen molar-refractivity contribution in [3.05, 3.63) is 33.9 Å². The molecule has 1 rings (SSSR count). The lowest BCUT2D eigenvalue weighted by Gasteiger charge is -2.21. The molecule has 0 N–H and O–H groups in total. The lowest BCUT2D eigenvalue weighted by atomic mass is 10.1. The van der Waals surface area contributed by atoms with Crippen LogP contribution in [0, 0.1) is 10.1 Å². The summed E-state index contributed by atoms with van der Waals surface area (Å²) in [5, 5.41) is 10.7. The molecule has 1 aromatic rings. The van der Waals surface area contributed by atoms with Gasteiger partial charge in [-0.15, -0.1) is 0 Å². The summed E-state index contributed by atoms with van der Waals surface area (Å²) in [6.07, 6.45) is 0.682. The Morgan fingerprint density at radius 3 is 2.50 bits per heavy atom. The first kappa shape index (κ1) is 15.5. The van der Waals surface area contributed by atoms with Gasteiger partial charge in [0.05, 0.1) is 17.2 Å². The number of amides is 1. The first-order valence-electron chi connectivity index (χ1n) is 5.94. The molecule has 106 valence electrons. The summed E-state index contributed by atoms with van der Waals surface area (Å²) in [7, 11) is 0. The molecular weight excluding hydrogens is 264 g/mol. The number of carbonyl (C=O) groups is 3. The zero-order valence-electron chi connectivity index (χ0n) is 11.2. The molecule has 0 bridgehead atoms. The number of carbonyl (C=O) groups excluding carboxylic acids is 3. The van der Waals surface area contributed by atoms with Gasteiger partial charge in [-0.2, -0.15) is 0 Å². The molecule has 0 unspecified atom stereocenters. The van der Waals surface area contributed by atoms with Crippen LogP contribution in [0.25, 0.3) is 0 Å². The second-order valence-electron chi connectivity index (χ2n) is 4.12. The third-order valence-electron chi connectivity index (χ3n) is 2.75. The van der Waals surface area contributed by atoms with Crippen molar-refractivity contribution in [2.45, 2.75) is 20.3 Å². The second kappa shape index (κ2) is 6.55. The standard InChI is InChI=1S/C13H14N2O5/c1-3-12(18)7-14(9(2)17)13-5-4-11(15(19)20)6-10(13)8-16/h4-6,8H,3,7H2,1-2H3. The number of aldehydes is 1. The molecule has 0 saturated carbocycles. The zero-order valence-corrected chi connectivity index (χ0v) is 11.2. The van der Waals surface area contributed by atoms with Crippen molar-refractivity contribution in [1.29, 1.82) is 0 Å². The number of nitrogens with zero attached hydrogens (tertiary/aromatic N) is 2. The minimum atomic E-state index is -0.633. The summed E-state index contributed by atoms with van der Waals surface area (Å²) in [6, 6.07) is 3.57. The van der Waals surface area contributed by atoms with Gasteiger partial charge in [0.25, 0.3) is 5.69 Å². The number of rotatable bonds is 6. The topological polar surface area (TPSA) is 97.6 Å². The number of nitro benzene ring substituents is 1. The van der Waals surface area contributed by atoms with Gasteiger partial charge in [-0.25, -0.2) is 0 Å². The number of Topliss-reactive ketones (excluding diaryl/α,β-unsaturated/α-hetero) is 1. The van der Waals surface area contributed by atoms with Gasteiger partial charge in [-0.05, 0) is 6.07 Å². The van der Waals surface area contributed by atoms with E-state index in [4.69, 9.17) is 0 Å². The predicted octanol–water partition coefficient (Wildman–Crippen LogP) is 1.74. The van der Waals surface area contributed by atoms with E-state index < -0.39 is 10.8 Å². The number of anilines is 1. The Morgan fingerprint density at radius 2 is 2.05 bits per heavy atom. The summed E-state index contributed by atoms with van der Waals surface area (Å²) in [6.45, 7) is 2.76. The number of non-ortho nitro benzene ring substituents is 1. The maximum atomic E-state index is 11.6. The second-order valence-corrected chi connectivity index (χ2v) is 4.12. The molecule has 20 heavy (non-hydrogen) atoms. The van der Waals surface area contributed by atoms with Gasteiger partial charge in [-0.1, -0.05) is 6.92 Å². The molecule has 7 nitrogen and oxygen atoms in total. The maximum absolute atomic E-state index is 11.6. The molecule has 1 amide bonds. The molecule has 0 atom stereocenters. The zero-order chi connectivity index (χ0) is 15.3. The molecule has 0 aliphatic carbocycles. The van der Waals surface area contributed by atoms with E-state index in [2.05, 4.69) is 0 Å². The first-order valence-corrected chi connectivity index (χ1v) is 5.94. The van der Waals surface area contributed by atoms with E-state index in [1.54, 1.807) is 6.92 Å². The smallest absolute Gasteiger partial charge is 0.270 e. The summed E-state index contributed by atoms with van der Waals surface area (Å²) in [5.74, 6) is -0.584. The highest BCUT2D eigenvalue weighted by atomic mass is 16.6. The van der Waals surface area contributed by atoms with Crippen molar-refractivity contribution in [3.63, 3.8) is 0 Å². The van der Waals surface area contributed by atoms with Gasteiger partial charge in [-0.3, -0.25) is 24.5 Å². The quantitative estimate of drug-likeness (QED) is 0.448. The molecule has 7 heteroatoms. The predicted molar refractivity (Wildman–Crippen MR) is 71.8 cm³/mol. The largest absolute Gasteiger partial charge is 0.305 e. The number of hydrogen-bond donors (Lipinski definition) is 0. The minimum absolute atomic E-state index is 0.00157. The van der Waals surface area contributed by atoms with Gasteiger partial charge in [0.2, 0.25) is 5.91 Å². The molecule has 0 heterocycles. The Kier molecular flexibility index (Phi) is 5.08. The molecular formula is C13H14N2O5. The van der Waals surface area contributed by atoms with Gasteiger partial charge in [0.1, 0.15) is 0 Å². The van der Waals surface area contributed by atoms with Gasteiger partial charge < -0.3 is 4.90 Å². The van der Waals surface area contributed by atoms with Crippen LogP contribution in [0.3, 0.4) is 0 Å². The fourth-order valence-corrected chi connectivity index (χ4v) is 1.65. The Labute approximate surface area is 115 Å². The van der Waals surface area contributed by atoms with E-state index >= 15 is 0 Å². The van der Waals surface area contributed by atoms with Crippen LogP contribution in [-0.2, 0) is 9.59 Å². The number of hydrogen-bond acceptors (Lipinski definition) is 5. The molecule has 0 saturated heterocycles. The number of benzene rings is 1. The molecule has 0 radical (unpaired) electrons. The van der Waals surface area contributed by atoms with Crippen LogP contribution in [-0.4, -0.2) is 29.4 Å². The van der Waals surface area contributed by atoms with Crippen LogP contribution < -0.4 is 4.90 Å². The normalized spacial score (nSPS) is 9.90. The summed E-state index contributed by atoms with van der Waals surface area (Å²) >= 11 is 0. The van der Waals surface area contributed by atoms with Crippen LogP contribution in [0.4, 0.5) is 11.4 Å². The Morgan fingerprint density at radius 1 is 1.40 bits per heavy atom. The van der Waals surface area contributed by atoms with E-state index in [0.29, 0.717) is 6.29 Å². The third-order valence-corrected chi connectivity index (χ3v) is 2.75. The van der Waals surface area contributed by atoms with Crippen molar-refractivity contribution in [3.8, 4) is 0 Å². The van der Waals surface area contributed by atoms with E-state index in [0.717, 1.165) is 11.0 Å². The highest BCUT2D eigenvalue weighted by Crippen LogP contribution is 2.24. The molecule has 0 fully saturated rings. The first-order chi connectivity index (χ1) is 9.40. The fourth-order valence-electron chi connectivity index (χ4n) is 1.65. The summed E-state index contributed by atoms with van der Waals surface area (Å²) in [4.78, 5) is 45.3. The molecule has 0 aromatic heterocycles. The fraction of sp³-hybridized carbons (Fsp3) is 0.308. The molecule has 1 aromatic carbocycles. The van der Waals surface area contributed by atoms with Crippen LogP contribution in [0.2, 0.25) is 0 Å². The Hall–Kier alpha value is -2.57. The highest BCUT2D eigenvalue weighted by Gasteiger charge is 2.20. The van der Waals surface area contributed by atoms with Crippen LogP contribution >= 0.6 is 0 Å². The van der Waals surface area contributed by atoms with E-state index in [1.165, 1.54) is 19.1 Å². The van der Waals surface area contributed by atoms with Gasteiger partial charge in [0, 0.05) is 31.0 Å². The number of nitro groups is 1. The van der Waals surface area contributed by atoms with Crippen molar-refractivity contribution in [2.75, 3.05) is 11.4 Å². The third kappa shape index (κ3) is 3.47. The van der Waals surface area contributed by atoms with Crippen molar-refractivity contribution in [1.82, 2.24) is 0 Å². The monoisotopic (exact) mass is 278 g/mol. The average molecular weight is 278 g/mol. The Balaban J connectivity index is 3.26. The lowest BCUT2D eigenvalue weighted by molar-refractivity contribution is -0.384. The SMILES string of the molecule is CCC(=O)CN(C(C)=O)c1ccc([N+](=O)[O-])cc1C=O. The Bertz CT molecular complexity index is 568. The van der Waals surface area contributed by atoms with E-state index in [1.807, 2.05) is 0 Å². The van der Waals surface area contributed by atoms with Gasteiger partial charge >= 0.3 is 0 Å². The molecule has 0 aliphatic heterocycles. The summed E-state index contributed by atoms with van der Waals surface area (Å²) < 4.78 is 0. The van der Waals surface area contributed by atoms with Crippen LogP contribution in [0.15, 0.2) is 18.2 Å². The van der Waals surface area contributed by atoms with Crippen LogP contribution in [0.5, 0.6) is 0 Å². The lowest BCUT2D eigenvalue weighted by Crippen LogP contribution is -2.34. The van der Waals surface area contributed by atoms with Crippen LogP contribution in [0.1, 0.15) is 30.6 Å². The average Bonchev–Trinajstić information content (AvgIpc) is 2.43. The van der Waals surface area contributed by atoms with Gasteiger partial charge in [0.15, 0.2) is 12.1 Å². The highest BCUT2D eigenvalue weighted by molar-refractivity contribution is 6.01. The van der Waals surface area contributed by atoms with E-state index in [-0.39, 0.29) is 35.7 Å². The van der Waals surface area contributed by atoms with Crippen molar-refractivity contribution < 1.29 is 19.3 Å². The van der Waals surface area contributed by atoms with E-state index in [9.17, 15) is 24.5 Å².